The average molecular weight is 425 g/mol. The Morgan fingerprint density at radius 3 is 2.48 bits per heavy atom. The minimum absolute atomic E-state index is 0.0203. The fraction of sp³-hybridized carbons (Fsp3) is 0.500. The van der Waals surface area contributed by atoms with Crippen molar-refractivity contribution in [3.05, 3.63) is 63.7 Å². The van der Waals surface area contributed by atoms with Crippen molar-refractivity contribution in [2.75, 3.05) is 26.2 Å². The number of ether oxygens (including phenoxy) is 1. The molecule has 1 fully saturated rings. The van der Waals surface area contributed by atoms with Crippen LogP contribution in [0.3, 0.4) is 0 Å². The van der Waals surface area contributed by atoms with E-state index in [1.807, 2.05) is 38.1 Å². The molecular weight excluding hydrogens is 388 g/mol. The van der Waals surface area contributed by atoms with Crippen LogP contribution in [0.5, 0.6) is 5.75 Å². The summed E-state index contributed by atoms with van der Waals surface area (Å²) in [6.07, 6.45) is -0.480. The summed E-state index contributed by atoms with van der Waals surface area (Å²) in [5, 5.41) is 12.6. The van der Waals surface area contributed by atoms with Crippen LogP contribution in [-0.2, 0) is 0 Å². The molecular formula is C26H36N2O3. The molecule has 1 heterocycles. The Bertz CT molecular complexity index is 932. The highest BCUT2D eigenvalue weighted by atomic mass is 16.5. The molecule has 1 saturated heterocycles. The van der Waals surface area contributed by atoms with Gasteiger partial charge in [-0.1, -0.05) is 18.2 Å². The fourth-order valence-electron chi connectivity index (χ4n) is 4.22. The van der Waals surface area contributed by atoms with Crippen LogP contribution in [0.4, 0.5) is 0 Å². The molecule has 2 N–H and O–H groups in total. The van der Waals surface area contributed by atoms with Gasteiger partial charge >= 0.3 is 0 Å². The van der Waals surface area contributed by atoms with Crippen LogP contribution in [0, 0.1) is 33.6 Å². The predicted molar refractivity (Wildman–Crippen MR) is 125 cm³/mol. The Morgan fingerprint density at radius 2 is 1.81 bits per heavy atom. The molecule has 2 aromatic carbocycles. The number of rotatable bonds is 8. The monoisotopic (exact) mass is 424 g/mol. The lowest BCUT2D eigenvalue weighted by atomic mass is 9.91. The van der Waals surface area contributed by atoms with Gasteiger partial charge in [-0.15, -0.1) is 0 Å². The molecule has 5 heteroatoms. The van der Waals surface area contributed by atoms with E-state index in [2.05, 4.69) is 37.1 Å². The van der Waals surface area contributed by atoms with E-state index in [1.165, 1.54) is 11.1 Å². The molecule has 1 amide bonds. The Balaban J connectivity index is 1.53. The third kappa shape index (κ3) is 5.28. The molecule has 0 aromatic heterocycles. The topological polar surface area (TPSA) is 61.8 Å². The van der Waals surface area contributed by atoms with Gasteiger partial charge in [-0.2, -0.15) is 0 Å². The lowest BCUT2D eigenvalue weighted by Gasteiger charge is -2.44. The lowest BCUT2D eigenvalue weighted by molar-refractivity contribution is 0.0569. The summed E-state index contributed by atoms with van der Waals surface area (Å²) in [5.74, 6) is 1.34. The molecule has 0 spiro atoms. The number of aliphatic hydroxyl groups is 1. The zero-order valence-electron chi connectivity index (χ0n) is 19.7. The SMILES string of the molecule is Cc1cccc(C(=O)NCC2CN(C(C)c3ccc(OC[C@@H](C)O)c(C)c3C)C2)c1C. The Hall–Kier alpha value is -2.37. The second-order valence-electron chi connectivity index (χ2n) is 9.02. The highest BCUT2D eigenvalue weighted by Gasteiger charge is 2.32. The smallest absolute Gasteiger partial charge is 0.251 e. The second kappa shape index (κ2) is 9.84. The lowest BCUT2D eigenvalue weighted by Crippen LogP contribution is -2.52. The largest absolute Gasteiger partial charge is 0.491 e. The van der Waals surface area contributed by atoms with Gasteiger partial charge in [-0.3, -0.25) is 9.69 Å². The molecule has 3 rings (SSSR count). The van der Waals surface area contributed by atoms with Crippen LogP contribution in [0.15, 0.2) is 30.3 Å². The highest BCUT2D eigenvalue weighted by Crippen LogP contribution is 2.34. The van der Waals surface area contributed by atoms with Crippen molar-refractivity contribution in [3.8, 4) is 5.75 Å². The normalized spacial score (nSPS) is 16.5. The second-order valence-corrected chi connectivity index (χ2v) is 9.02. The zero-order chi connectivity index (χ0) is 22.7. The van der Waals surface area contributed by atoms with Crippen molar-refractivity contribution in [2.24, 2.45) is 5.92 Å². The average Bonchev–Trinajstić information content (AvgIpc) is 2.69. The number of hydrogen-bond donors (Lipinski definition) is 2. The third-order valence-corrected chi connectivity index (χ3v) is 6.64. The van der Waals surface area contributed by atoms with Gasteiger partial charge < -0.3 is 15.2 Å². The molecule has 1 aliphatic heterocycles. The molecule has 5 nitrogen and oxygen atoms in total. The van der Waals surface area contributed by atoms with E-state index in [0.717, 1.165) is 41.1 Å². The maximum absolute atomic E-state index is 12.6. The summed E-state index contributed by atoms with van der Waals surface area (Å²) in [6, 6.07) is 10.3. The van der Waals surface area contributed by atoms with E-state index in [1.54, 1.807) is 6.92 Å². The number of carbonyl (C=O) groups is 1. The summed E-state index contributed by atoms with van der Waals surface area (Å²) < 4.78 is 5.73. The zero-order valence-corrected chi connectivity index (χ0v) is 19.7. The molecule has 168 valence electrons. The fourth-order valence-corrected chi connectivity index (χ4v) is 4.22. The highest BCUT2D eigenvalue weighted by molar-refractivity contribution is 5.95. The molecule has 0 radical (unpaired) electrons. The number of aryl methyl sites for hydroxylation is 1. The van der Waals surface area contributed by atoms with E-state index < -0.39 is 6.10 Å². The molecule has 0 bridgehead atoms. The number of benzene rings is 2. The maximum atomic E-state index is 12.6. The molecule has 0 saturated carbocycles. The third-order valence-electron chi connectivity index (χ3n) is 6.64. The minimum atomic E-state index is -0.480. The van der Waals surface area contributed by atoms with E-state index in [4.69, 9.17) is 4.74 Å². The van der Waals surface area contributed by atoms with Gasteiger partial charge in [0.05, 0.1) is 6.10 Å². The van der Waals surface area contributed by atoms with Crippen molar-refractivity contribution in [3.63, 3.8) is 0 Å². The number of nitrogens with zero attached hydrogens (tertiary/aromatic N) is 1. The van der Waals surface area contributed by atoms with Gasteiger partial charge in [0.25, 0.3) is 5.91 Å². The van der Waals surface area contributed by atoms with E-state index in [0.29, 0.717) is 25.1 Å². The Morgan fingerprint density at radius 1 is 1.10 bits per heavy atom. The van der Waals surface area contributed by atoms with E-state index in [-0.39, 0.29) is 5.91 Å². The standard InChI is InChI=1S/C26H36N2O3/c1-16-8-7-9-24(18(16)3)26(30)27-12-22-13-28(14-22)21(6)23-10-11-25(20(5)19(23)4)31-15-17(2)29/h7-11,17,21-22,29H,12-15H2,1-6H3,(H,27,30)/t17-,21?/m1/s1. The molecule has 2 aromatic rings. The summed E-state index contributed by atoms with van der Waals surface area (Å²) >= 11 is 0. The first kappa shape index (κ1) is 23.3. The van der Waals surface area contributed by atoms with Crippen LogP contribution in [0.2, 0.25) is 0 Å². The number of carbonyl (C=O) groups excluding carboxylic acids is 1. The first-order valence-corrected chi connectivity index (χ1v) is 11.2. The Labute approximate surface area is 186 Å². The molecule has 1 unspecified atom stereocenters. The maximum Gasteiger partial charge on any atom is 0.251 e. The first-order valence-electron chi connectivity index (χ1n) is 11.2. The molecule has 2 atom stereocenters. The van der Waals surface area contributed by atoms with Crippen molar-refractivity contribution >= 4 is 5.91 Å². The first-order chi connectivity index (χ1) is 14.7. The Kier molecular flexibility index (Phi) is 7.39. The number of amides is 1. The number of nitrogens with one attached hydrogen (secondary N) is 1. The summed E-state index contributed by atoms with van der Waals surface area (Å²) in [7, 11) is 0. The van der Waals surface area contributed by atoms with Gasteiger partial charge in [0, 0.05) is 37.2 Å². The van der Waals surface area contributed by atoms with Crippen molar-refractivity contribution in [2.45, 2.75) is 53.7 Å². The summed E-state index contributed by atoms with van der Waals surface area (Å²) in [5.41, 5.74) is 6.64. The van der Waals surface area contributed by atoms with E-state index >= 15 is 0 Å². The van der Waals surface area contributed by atoms with Crippen molar-refractivity contribution in [1.29, 1.82) is 0 Å². The molecule has 0 aliphatic carbocycles. The van der Waals surface area contributed by atoms with Crippen molar-refractivity contribution in [1.82, 2.24) is 10.2 Å². The minimum Gasteiger partial charge on any atom is -0.491 e. The predicted octanol–water partition coefficient (Wildman–Crippen LogP) is 4.10. The molecule has 1 aliphatic rings. The van der Waals surface area contributed by atoms with Crippen LogP contribution >= 0.6 is 0 Å². The van der Waals surface area contributed by atoms with Gasteiger partial charge in [0.2, 0.25) is 0 Å². The van der Waals surface area contributed by atoms with Gasteiger partial charge in [0.15, 0.2) is 0 Å². The quantitative estimate of drug-likeness (QED) is 0.670. The van der Waals surface area contributed by atoms with Gasteiger partial charge in [0.1, 0.15) is 12.4 Å². The van der Waals surface area contributed by atoms with Crippen LogP contribution in [0.1, 0.15) is 58.1 Å². The van der Waals surface area contributed by atoms with Crippen LogP contribution in [0.25, 0.3) is 0 Å². The summed E-state index contributed by atoms with van der Waals surface area (Å²) in [6.45, 7) is 15.2. The molecule has 31 heavy (non-hydrogen) atoms. The van der Waals surface area contributed by atoms with Gasteiger partial charge in [-0.05, 0) is 81.5 Å². The van der Waals surface area contributed by atoms with Crippen molar-refractivity contribution < 1.29 is 14.6 Å². The van der Waals surface area contributed by atoms with Crippen LogP contribution < -0.4 is 10.1 Å². The number of hydrogen-bond acceptors (Lipinski definition) is 4. The van der Waals surface area contributed by atoms with Crippen LogP contribution in [-0.4, -0.2) is 48.3 Å². The number of likely N-dealkylation sites (tertiary alicyclic amines) is 1. The summed E-state index contributed by atoms with van der Waals surface area (Å²) in [4.78, 5) is 15.0. The van der Waals surface area contributed by atoms with Gasteiger partial charge in [-0.25, -0.2) is 0 Å². The number of aliphatic hydroxyl groups excluding tert-OH is 1. The van der Waals surface area contributed by atoms with E-state index in [9.17, 15) is 9.90 Å².